The molecule has 1 heterocycles. The predicted octanol–water partition coefficient (Wildman–Crippen LogP) is 1.32. The topological polar surface area (TPSA) is 37.5 Å². The van der Waals surface area contributed by atoms with Gasteiger partial charge in [-0.25, -0.2) is 0 Å². The van der Waals surface area contributed by atoms with Crippen LogP contribution in [0.1, 0.15) is 12.5 Å². The molecule has 1 aliphatic heterocycles. The Balaban J connectivity index is 2.43. The van der Waals surface area contributed by atoms with Crippen molar-refractivity contribution >= 4 is 11.8 Å². The van der Waals surface area contributed by atoms with Crippen LogP contribution in [0.25, 0.3) is 0 Å². The minimum Gasteiger partial charge on any atom is -0.370 e. The highest BCUT2D eigenvalue weighted by Crippen LogP contribution is 2.28. The molecule has 0 aliphatic carbocycles. The minimum absolute atomic E-state index is 0.304. The van der Waals surface area contributed by atoms with Gasteiger partial charge in [0.15, 0.2) is 0 Å². The maximum Gasteiger partial charge on any atom is 0.213 e. The number of morpholine rings is 1. The summed E-state index contributed by atoms with van der Waals surface area (Å²) in [6.07, 6.45) is 2.11. The molecule has 2 rings (SSSR count). The van der Waals surface area contributed by atoms with Gasteiger partial charge < -0.3 is 9.64 Å². The first-order valence-corrected chi connectivity index (χ1v) is 8.53. The highest BCUT2D eigenvalue weighted by molar-refractivity contribution is 7.98. The second-order valence-corrected chi connectivity index (χ2v) is 6.27. The van der Waals surface area contributed by atoms with Crippen molar-refractivity contribution in [1.29, 1.82) is 5.26 Å². The van der Waals surface area contributed by atoms with E-state index in [1.807, 2.05) is 30.0 Å². The molecule has 1 aromatic carbocycles. The van der Waals surface area contributed by atoms with E-state index in [1.165, 1.54) is 4.90 Å². The summed E-state index contributed by atoms with van der Waals surface area (Å²) in [5.41, 5.74) is 0.676. The second-order valence-electron chi connectivity index (χ2n) is 5.36. The Morgan fingerprint density at radius 1 is 1.35 bits per heavy atom. The first-order valence-electron chi connectivity index (χ1n) is 7.14. The molecule has 1 saturated heterocycles. The molecular formula is C16H23N2OS+. The number of ether oxygens (including phenoxy) is 1. The van der Waals surface area contributed by atoms with E-state index in [0.717, 1.165) is 37.6 Å². The van der Waals surface area contributed by atoms with Crippen LogP contribution in [0.3, 0.4) is 0 Å². The van der Waals surface area contributed by atoms with Gasteiger partial charge in [-0.2, -0.15) is 17.0 Å². The van der Waals surface area contributed by atoms with Gasteiger partial charge in [-0.1, -0.05) is 37.3 Å². The fraction of sp³-hybridized carbons (Fsp3) is 0.562. The van der Waals surface area contributed by atoms with Gasteiger partial charge in [0.05, 0.1) is 13.2 Å². The third kappa shape index (κ3) is 2.85. The van der Waals surface area contributed by atoms with Crippen molar-refractivity contribution in [3.05, 3.63) is 35.9 Å². The molecule has 1 N–H and O–H groups in total. The fourth-order valence-corrected chi connectivity index (χ4v) is 3.93. The van der Waals surface area contributed by atoms with Gasteiger partial charge in [-0.05, 0) is 6.26 Å². The summed E-state index contributed by atoms with van der Waals surface area (Å²) in [5.74, 6) is 1.30. The van der Waals surface area contributed by atoms with Crippen LogP contribution in [0.2, 0.25) is 0 Å². The quantitative estimate of drug-likeness (QED) is 0.889. The molecule has 0 saturated carbocycles. The normalized spacial score (nSPS) is 20.9. The van der Waals surface area contributed by atoms with Crippen LogP contribution in [0.15, 0.2) is 30.3 Å². The first-order chi connectivity index (χ1) is 9.75. The van der Waals surface area contributed by atoms with E-state index in [0.29, 0.717) is 5.92 Å². The highest BCUT2D eigenvalue weighted by Gasteiger charge is 2.48. The van der Waals surface area contributed by atoms with Gasteiger partial charge in [0.1, 0.15) is 19.2 Å². The van der Waals surface area contributed by atoms with Gasteiger partial charge in [0.25, 0.3) is 0 Å². The van der Waals surface area contributed by atoms with Crippen molar-refractivity contribution in [1.82, 2.24) is 0 Å². The van der Waals surface area contributed by atoms with E-state index in [2.05, 4.69) is 31.4 Å². The molecule has 108 valence electrons. The fourth-order valence-electron chi connectivity index (χ4n) is 3.18. The lowest BCUT2D eigenvalue weighted by molar-refractivity contribution is -0.962. The number of rotatable bonds is 5. The lowest BCUT2D eigenvalue weighted by atomic mass is 9.79. The van der Waals surface area contributed by atoms with Crippen molar-refractivity contribution in [2.75, 3.05) is 38.3 Å². The zero-order chi connectivity index (χ0) is 14.4. The summed E-state index contributed by atoms with van der Waals surface area (Å²) in [7, 11) is 0. The molecule has 1 aromatic rings. The average Bonchev–Trinajstić information content (AvgIpc) is 2.51. The molecule has 0 spiro atoms. The third-order valence-corrected chi connectivity index (χ3v) is 5.05. The minimum atomic E-state index is -0.464. The third-order valence-electron chi connectivity index (χ3n) is 4.22. The van der Waals surface area contributed by atoms with E-state index >= 15 is 0 Å². The van der Waals surface area contributed by atoms with Crippen molar-refractivity contribution in [2.45, 2.75) is 12.5 Å². The molecule has 0 amide bonds. The van der Waals surface area contributed by atoms with Crippen molar-refractivity contribution in [3.8, 4) is 6.07 Å². The van der Waals surface area contributed by atoms with E-state index in [-0.39, 0.29) is 0 Å². The summed E-state index contributed by atoms with van der Waals surface area (Å²) < 4.78 is 5.48. The lowest BCUT2D eigenvalue weighted by Gasteiger charge is -2.41. The molecule has 0 unspecified atom stereocenters. The number of nitriles is 1. The number of hydrogen-bond acceptors (Lipinski definition) is 3. The summed E-state index contributed by atoms with van der Waals surface area (Å²) in [4.78, 5) is 1.35. The van der Waals surface area contributed by atoms with Gasteiger partial charge in [-0.3, -0.25) is 0 Å². The molecule has 3 nitrogen and oxygen atoms in total. The SMILES string of the molecule is CSC[C@H](C)[C@](C#N)(c1ccccc1)[NH+]1CCOCC1. The maximum atomic E-state index is 10.1. The number of thioether (sulfide) groups is 1. The van der Waals surface area contributed by atoms with Gasteiger partial charge in [-0.15, -0.1) is 0 Å². The number of quaternary nitrogens is 1. The van der Waals surface area contributed by atoms with E-state index in [4.69, 9.17) is 4.74 Å². The van der Waals surface area contributed by atoms with E-state index in [1.54, 1.807) is 0 Å². The Labute approximate surface area is 125 Å². The van der Waals surface area contributed by atoms with Crippen LogP contribution in [0.5, 0.6) is 0 Å². The number of benzene rings is 1. The molecule has 20 heavy (non-hydrogen) atoms. The zero-order valence-corrected chi connectivity index (χ0v) is 13.1. The summed E-state index contributed by atoms with van der Waals surface area (Å²) in [6.45, 7) is 5.51. The predicted molar refractivity (Wildman–Crippen MR) is 82.8 cm³/mol. The Hall–Kier alpha value is -1.02. The molecule has 2 atom stereocenters. The molecule has 0 aromatic heterocycles. The largest absolute Gasteiger partial charge is 0.370 e. The van der Waals surface area contributed by atoms with Crippen LogP contribution in [0.4, 0.5) is 0 Å². The smallest absolute Gasteiger partial charge is 0.213 e. The van der Waals surface area contributed by atoms with Gasteiger partial charge in [0.2, 0.25) is 5.54 Å². The molecule has 4 heteroatoms. The van der Waals surface area contributed by atoms with Crippen LogP contribution in [-0.4, -0.2) is 38.3 Å². The zero-order valence-electron chi connectivity index (χ0n) is 12.3. The molecular weight excluding hydrogens is 268 g/mol. The number of nitrogens with zero attached hydrogens (tertiary/aromatic N) is 1. The molecule has 0 bridgehead atoms. The molecule has 0 radical (unpaired) electrons. The van der Waals surface area contributed by atoms with E-state index in [9.17, 15) is 5.26 Å². The standard InChI is InChI=1S/C16H22N2OS/c1-14(12-20-2)16(13-17,15-6-4-3-5-7-15)18-8-10-19-11-9-18/h3-7,14H,8-12H2,1-2H3/p+1/t14-,16+/m0/s1. The van der Waals surface area contributed by atoms with Crippen LogP contribution >= 0.6 is 11.8 Å². The Morgan fingerprint density at radius 2 is 2.00 bits per heavy atom. The number of hydrogen-bond donors (Lipinski definition) is 1. The first kappa shape index (κ1) is 15.4. The van der Waals surface area contributed by atoms with Crippen LogP contribution in [0, 0.1) is 17.2 Å². The monoisotopic (exact) mass is 291 g/mol. The van der Waals surface area contributed by atoms with Gasteiger partial charge in [0, 0.05) is 17.2 Å². The van der Waals surface area contributed by atoms with Crippen LogP contribution < -0.4 is 4.90 Å². The Kier molecular flexibility index (Phi) is 5.47. The van der Waals surface area contributed by atoms with Crippen LogP contribution in [-0.2, 0) is 10.3 Å². The van der Waals surface area contributed by atoms with Crippen molar-refractivity contribution in [2.24, 2.45) is 5.92 Å². The average molecular weight is 291 g/mol. The highest BCUT2D eigenvalue weighted by atomic mass is 32.2. The molecule has 1 fully saturated rings. The maximum absolute atomic E-state index is 10.1. The van der Waals surface area contributed by atoms with Crippen molar-refractivity contribution < 1.29 is 9.64 Å². The summed E-state index contributed by atoms with van der Waals surface area (Å²) in [5, 5.41) is 10.1. The lowest BCUT2D eigenvalue weighted by Crippen LogP contribution is -3.21. The number of nitrogens with one attached hydrogen (secondary N) is 1. The molecule has 1 aliphatic rings. The van der Waals surface area contributed by atoms with E-state index < -0.39 is 5.54 Å². The second kappa shape index (κ2) is 7.12. The summed E-state index contributed by atoms with van der Waals surface area (Å²) >= 11 is 1.81. The Morgan fingerprint density at radius 3 is 2.55 bits per heavy atom. The summed E-state index contributed by atoms with van der Waals surface area (Å²) in [6, 6.07) is 13.0. The Bertz CT molecular complexity index is 453. The van der Waals surface area contributed by atoms with Crippen molar-refractivity contribution in [3.63, 3.8) is 0 Å². The van der Waals surface area contributed by atoms with Gasteiger partial charge >= 0.3 is 0 Å².